The van der Waals surface area contributed by atoms with E-state index in [0.29, 0.717) is 16.7 Å². The van der Waals surface area contributed by atoms with Crippen LogP contribution in [0.2, 0.25) is 0 Å². The zero-order valence-corrected chi connectivity index (χ0v) is 24.2. The average molecular weight is 632 g/mol. The van der Waals surface area contributed by atoms with Gasteiger partial charge < -0.3 is 30.8 Å². The van der Waals surface area contributed by atoms with Gasteiger partial charge in [-0.05, 0) is 33.4 Å². The molecule has 6 rings (SSSR count). The summed E-state index contributed by atoms with van der Waals surface area (Å²) in [6.45, 7) is -0.0412. The highest BCUT2D eigenvalue weighted by Crippen LogP contribution is 2.44. The molecular weight excluding hydrogens is 603 g/mol. The van der Waals surface area contributed by atoms with Gasteiger partial charge in [0.1, 0.15) is 24.8 Å². The first-order valence-corrected chi connectivity index (χ1v) is 14.3. The van der Waals surface area contributed by atoms with Crippen LogP contribution in [0, 0.1) is 0 Å². The van der Waals surface area contributed by atoms with Gasteiger partial charge in [-0.25, -0.2) is 9.78 Å². The molecule has 2 amide bonds. The Balaban J connectivity index is 1.03. The topological polar surface area (TPSA) is 157 Å². The van der Waals surface area contributed by atoms with Crippen LogP contribution in [0.25, 0.3) is 22.3 Å². The van der Waals surface area contributed by atoms with Crippen molar-refractivity contribution in [2.75, 3.05) is 12.3 Å². The molecule has 0 radical (unpaired) electrons. The van der Waals surface area contributed by atoms with Gasteiger partial charge in [-0.15, -0.1) is 0 Å². The van der Waals surface area contributed by atoms with Gasteiger partial charge in [-0.3, -0.25) is 4.79 Å². The maximum absolute atomic E-state index is 13.4. The Bertz CT molecular complexity index is 1830. The van der Waals surface area contributed by atoms with Crippen molar-refractivity contribution in [3.63, 3.8) is 0 Å². The fourth-order valence-electron chi connectivity index (χ4n) is 5.37. The number of fused-ring (bicyclic) bond motifs is 4. The number of imidazole rings is 1. The molecule has 236 valence electrons. The highest BCUT2D eigenvalue weighted by Gasteiger charge is 2.37. The molecule has 5 aromatic rings. The van der Waals surface area contributed by atoms with Gasteiger partial charge >= 0.3 is 12.3 Å². The van der Waals surface area contributed by atoms with E-state index in [1.165, 1.54) is 6.33 Å². The van der Waals surface area contributed by atoms with Crippen molar-refractivity contribution < 1.29 is 32.2 Å². The average Bonchev–Trinajstić information content (AvgIpc) is 3.63. The number of carbonyl (C=O) groups excluding carboxylic acids is 2. The number of rotatable bonds is 10. The number of nitrogens with zero attached hydrogens (tertiary/aromatic N) is 3. The summed E-state index contributed by atoms with van der Waals surface area (Å²) >= 11 is 0. The molecule has 5 N–H and O–H groups in total. The minimum atomic E-state index is -4.71. The molecular formula is C32H28F3N7O4. The number of H-pyrrole nitrogens is 1. The summed E-state index contributed by atoms with van der Waals surface area (Å²) < 4.78 is 51.2. The molecule has 14 heteroatoms. The third kappa shape index (κ3) is 6.85. The normalized spacial score (nSPS) is 13.1. The quantitative estimate of drug-likeness (QED) is 0.168. The second-order valence-corrected chi connectivity index (χ2v) is 10.7. The first-order chi connectivity index (χ1) is 22.1. The molecule has 0 fully saturated rings. The van der Waals surface area contributed by atoms with Crippen LogP contribution in [0.15, 0.2) is 79.1 Å². The summed E-state index contributed by atoms with van der Waals surface area (Å²) in [5.41, 5.74) is 11.9. The predicted octanol–water partition coefficient (Wildman–Crippen LogP) is 4.99. The van der Waals surface area contributed by atoms with Gasteiger partial charge in [-0.2, -0.15) is 23.1 Å². The summed E-state index contributed by atoms with van der Waals surface area (Å²) in [7, 11) is 0. The molecule has 0 aliphatic heterocycles. The monoisotopic (exact) mass is 631 g/mol. The lowest BCUT2D eigenvalue weighted by Gasteiger charge is -2.21. The van der Waals surface area contributed by atoms with E-state index in [0.717, 1.165) is 27.8 Å². The van der Waals surface area contributed by atoms with Crippen LogP contribution < -0.4 is 21.1 Å². The van der Waals surface area contributed by atoms with Crippen LogP contribution >= 0.6 is 0 Å². The molecule has 1 atom stereocenters. The molecule has 2 aromatic heterocycles. The SMILES string of the molecule is Nc1nc(OCc2ccc(CNC(=O)C(CC(F)(F)F)NC(=O)OCC3c4ccccc4-c4ccccc43)cc2)c2[nH]cnc2n1. The summed E-state index contributed by atoms with van der Waals surface area (Å²) in [5.74, 6) is -1.04. The molecule has 1 aliphatic rings. The van der Waals surface area contributed by atoms with Crippen molar-refractivity contribution in [2.45, 2.75) is 37.7 Å². The first-order valence-electron chi connectivity index (χ1n) is 14.3. The van der Waals surface area contributed by atoms with Crippen molar-refractivity contribution in [1.29, 1.82) is 0 Å². The van der Waals surface area contributed by atoms with E-state index in [1.807, 2.05) is 48.5 Å². The van der Waals surface area contributed by atoms with Gasteiger partial charge in [0.2, 0.25) is 17.7 Å². The number of nitrogens with two attached hydrogens (primary N) is 1. The number of aromatic nitrogens is 4. The Kier molecular flexibility index (Phi) is 8.42. The number of hydrogen-bond donors (Lipinski definition) is 4. The van der Waals surface area contributed by atoms with Crippen molar-refractivity contribution in [3.8, 4) is 17.0 Å². The number of amides is 2. The molecule has 11 nitrogen and oxygen atoms in total. The van der Waals surface area contributed by atoms with E-state index in [1.54, 1.807) is 24.3 Å². The van der Waals surface area contributed by atoms with E-state index in [4.69, 9.17) is 15.2 Å². The Morgan fingerprint density at radius 2 is 1.59 bits per heavy atom. The number of nitrogen functional groups attached to an aromatic ring is 1. The third-order valence-corrected chi connectivity index (χ3v) is 7.52. The Morgan fingerprint density at radius 3 is 2.26 bits per heavy atom. The van der Waals surface area contributed by atoms with Gasteiger partial charge in [0, 0.05) is 12.5 Å². The highest BCUT2D eigenvalue weighted by atomic mass is 19.4. The Hall–Kier alpha value is -5.66. The number of benzene rings is 3. The number of ether oxygens (including phenoxy) is 2. The van der Waals surface area contributed by atoms with Gasteiger partial charge in [-0.1, -0.05) is 72.8 Å². The smallest absolute Gasteiger partial charge is 0.407 e. The van der Waals surface area contributed by atoms with Crippen LogP contribution in [0.1, 0.15) is 34.6 Å². The van der Waals surface area contributed by atoms with E-state index in [9.17, 15) is 22.8 Å². The maximum atomic E-state index is 13.4. The maximum Gasteiger partial charge on any atom is 0.407 e. The summed E-state index contributed by atoms with van der Waals surface area (Å²) in [4.78, 5) is 40.5. The summed E-state index contributed by atoms with van der Waals surface area (Å²) in [6.07, 6.45) is -5.94. The van der Waals surface area contributed by atoms with Crippen molar-refractivity contribution in [1.82, 2.24) is 30.6 Å². The fourth-order valence-corrected chi connectivity index (χ4v) is 5.37. The second-order valence-electron chi connectivity index (χ2n) is 10.7. The zero-order chi connectivity index (χ0) is 32.3. The molecule has 2 heterocycles. The van der Waals surface area contributed by atoms with Crippen molar-refractivity contribution >= 4 is 29.1 Å². The van der Waals surface area contributed by atoms with Crippen LogP contribution in [0.4, 0.5) is 23.9 Å². The molecule has 1 aliphatic carbocycles. The number of aromatic amines is 1. The summed E-state index contributed by atoms with van der Waals surface area (Å²) in [6, 6.07) is 20.3. The third-order valence-electron chi connectivity index (χ3n) is 7.52. The van der Waals surface area contributed by atoms with Crippen LogP contribution in [0.3, 0.4) is 0 Å². The zero-order valence-electron chi connectivity index (χ0n) is 24.2. The Morgan fingerprint density at radius 1 is 0.935 bits per heavy atom. The van der Waals surface area contributed by atoms with Crippen LogP contribution in [-0.2, 0) is 22.7 Å². The largest absolute Gasteiger partial charge is 0.471 e. The molecule has 1 unspecified atom stereocenters. The molecule has 3 aromatic carbocycles. The molecule has 46 heavy (non-hydrogen) atoms. The predicted molar refractivity (Wildman–Crippen MR) is 161 cm³/mol. The molecule has 0 saturated heterocycles. The number of hydrogen-bond acceptors (Lipinski definition) is 8. The van der Waals surface area contributed by atoms with Gasteiger partial charge in [0.05, 0.1) is 12.7 Å². The first kappa shape index (κ1) is 30.4. The number of alkyl halides is 3. The lowest BCUT2D eigenvalue weighted by molar-refractivity contribution is -0.149. The van der Waals surface area contributed by atoms with Crippen molar-refractivity contribution in [2.24, 2.45) is 0 Å². The van der Waals surface area contributed by atoms with Crippen LogP contribution in [-0.4, -0.2) is 50.8 Å². The number of halogens is 3. The van der Waals surface area contributed by atoms with E-state index < -0.39 is 30.6 Å². The van der Waals surface area contributed by atoms with E-state index in [2.05, 4.69) is 30.6 Å². The lowest BCUT2D eigenvalue weighted by Crippen LogP contribution is -2.49. The number of carbonyl (C=O) groups is 2. The standard InChI is InChI=1S/C32H28F3N7O4/c33-32(34,35)13-25(40-31(44)46-16-24-22-7-3-1-5-20(22)21-6-2-4-8-23(21)24)28(43)37-14-18-9-11-19(12-10-18)15-45-29-26-27(39-17-38-26)41-30(36)42-29/h1-12,17,24-25H,13-16H2,(H,37,43)(H,40,44)(H3,36,38,39,41,42). The lowest BCUT2D eigenvalue weighted by atomic mass is 9.98. The highest BCUT2D eigenvalue weighted by molar-refractivity contribution is 5.86. The minimum absolute atomic E-state index is 0.0117. The summed E-state index contributed by atoms with van der Waals surface area (Å²) in [5, 5.41) is 4.57. The Labute approximate surface area is 260 Å². The fraction of sp³-hybridized carbons (Fsp3) is 0.219. The van der Waals surface area contributed by atoms with Crippen LogP contribution in [0.5, 0.6) is 5.88 Å². The second kappa shape index (κ2) is 12.8. The molecule has 0 saturated carbocycles. The molecule has 0 spiro atoms. The van der Waals surface area contributed by atoms with Gasteiger partial charge in [0.25, 0.3) is 0 Å². The van der Waals surface area contributed by atoms with Crippen molar-refractivity contribution in [3.05, 3.63) is 101 Å². The van der Waals surface area contributed by atoms with E-state index in [-0.39, 0.29) is 37.5 Å². The van der Waals surface area contributed by atoms with E-state index >= 15 is 0 Å². The molecule has 0 bridgehead atoms. The number of alkyl carbamates (subject to hydrolysis) is 1. The van der Waals surface area contributed by atoms with Gasteiger partial charge in [0.15, 0.2) is 5.65 Å². The minimum Gasteiger partial charge on any atom is -0.471 e. The number of nitrogens with one attached hydrogen (secondary N) is 3. The number of anilines is 1.